The zero-order chi connectivity index (χ0) is 25.3. The maximum absolute atomic E-state index is 13.6. The fourth-order valence-electron chi connectivity index (χ4n) is 3.59. The van der Waals surface area contributed by atoms with Gasteiger partial charge < -0.3 is 9.84 Å². The Bertz CT molecular complexity index is 1470. The van der Waals surface area contributed by atoms with Gasteiger partial charge in [-0.1, -0.05) is 11.6 Å². The third-order valence-corrected chi connectivity index (χ3v) is 5.64. The van der Waals surface area contributed by atoms with Crippen molar-refractivity contribution in [3.63, 3.8) is 0 Å². The summed E-state index contributed by atoms with van der Waals surface area (Å²) >= 11 is 5.93. The molecule has 0 saturated heterocycles. The minimum absolute atomic E-state index is 0.0191. The number of halogens is 3. The molecule has 0 unspecified atom stereocenters. The number of imidazole rings is 1. The van der Waals surface area contributed by atoms with Crippen LogP contribution in [0.15, 0.2) is 52.2 Å². The molecule has 1 aromatic carbocycles. The molecule has 4 rings (SSSR count). The molecule has 0 spiro atoms. The van der Waals surface area contributed by atoms with Crippen molar-refractivity contribution in [3.8, 4) is 11.8 Å². The van der Waals surface area contributed by atoms with Gasteiger partial charge in [-0.15, -0.1) is 0 Å². The molecule has 0 saturated carbocycles. The van der Waals surface area contributed by atoms with Gasteiger partial charge in [0.1, 0.15) is 5.75 Å². The van der Waals surface area contributed by atoms with Crippen molar-refractivity contribution in [2.45, 2.75) is 32.4 Å². The second kappa shape index (κ2) is 9.59. The minimum atomic E-state index is -3.01. The minimum Gasteiger partial charge on any atom is -0.425 e. The Morgan fingerprint density at radius 3 is 2.43 bits per heavy atom. The summed E-state index contributed by atoms with van der Waals surface area (Å²) in [5.41, 5.74) is -0.665. The molecule has 3 heterocycles. The van der Waals surface area contributed by atoms with E-state index in [-0.39, 0.29) is 54.6 Å². The van der Waals surface area contributed by atoms with Gasteiger partial charge in [-0.05, 0) is 42.8 Å². The van der Waals surface area contributed by atoms with E-state index in [1.54, 1.807) is 12.1 Å². The molecular formula is C23H22ClF2N5O4. The first-order valence-electron chi connectivity index (χ1n) is 10.7. The van der Waals surface area contributed by atoms with Crippen LogP contribution in [0.3, 0.4) is 0 Å². The van der Waals surface area contributed by atoms with Gasteiger partial charge in [0.15, 0.2) is 11.2 Å². The second-order valence-corrected chi connectivity index (χ2v) is 8.45. The number of aliphatic hydroxyl groups excluding tert-OH is 1. The Morgan fingerprint density at radius 1 is 1.11 bits per heavy atom. The van der Waals surface area contributed by atoms with Crippen molar-refractivity contribution in [3.05, 3.63) is 79.7 Å². The van der Waals surface area contributed by atoms with Crippen LogP contribution in [0.25, 0.3) is 11.2 Å². The van der Waals surface area contributed by atoms with Crippen LogP contribution in [0.5, 0.6) is 11.8 Å². The Kier molecular flexibility index (Phi) is 6.73. The number of aromatic nitrogens is 5. The third-order valence-electron chi connectivity index (χ3n) is 5.42. The highest BCUT2D eigenvalue weighted by Gasteiger charge is 2.25. The first-order valence-corrected chi connectivity index (χ1v) is 11.1. The van der Waals surface area contributed by atoms with Crippen LogP contribution >= 0.6 is 11.6 Å². The third kappa shape index (κ3) is 4.96. The highest BCUT2D eigenvalue weighted by atomic mass is 35.5. The van der Waals surface area contributed by atoms with Gasteiger partial charge in [-0.25, -0.2) is 13.6 Å². The molecule has 0 amide bonds. The van der Waals surface area contributed by atoms with E-state index >= 15 is 0 Å². The number of nitrogens with zero attached hydrogens (tertiary/aromatic N) is 5. The number of aliphatic hydroxyl groups is 1. The van der Waals surface area contributed by atoms with Gasteiger partial charge in [0.25, 0.3) is 11.5 Å². The number of benzene rings is 1. The quantitative estimate of drug-likeness (QED) is 0.394. The van der Waals surface area contributed by atoms with Crippen molar-refractivity contribution in [1.29, 1.82) is 0 Å². The maximum Gasteiger partial charge on any atom is 0.332 e. The molecular weight excluding hydrogens is 484 g/mol. The molecule has 0 radical (unpaired) electrons. The number of fused-ring (bicyclic) bond motifs is 1. The van der Waals surface area contributed by atoms with E-state index in [0.29, 0.717) is 10.7 Å². The number of ether oxygens (including phenoxy) is 1. The lowest BCUT2D eigenvalue weighted by Gasteiger charge is -2.12. The molecule has 4 aromatic rings. The Balaban J connectivity index is 1.87. The number of hydrogen-bond acceptors (Lipinski definition) is 6. The molecule has 0 aliphatic rings. The van der Waals surface area contributed by atoms with Crippen molar-refractivity contribution in [2.24, 2.45) is 7.05 Å². The standard InChI is InChI=1S/C23H22ClF2N5O4/c1-23(25,26)14-4-8-17(9-5-14)35-21-28-19-18(31(21)13-16-7-6-15(24)12-27-16)20(33)30(10-3-11-32)22(34)29(19)2/h4-9,12,32H,3,10-11,13H2,1-2H3. The van der Waals surface area contributed by atoms with Gasteiger partial charge in [0.05, 0.1) is 17.3 Å². The van der Waals surface area contributed by atoms with Gasteiger partial charge in [-0.3, -0.25) is 23.5 Å². The lowest BCUT2D eigenvalue weighted by molar-refractivity contribution is 0.0174. The van der Waals surface area contributed by atoms with Crippen molar-refractivity contribution in [2.75, 3.05) is 6.61 Å². The summed E-state index contributed by atoms with van der Waals surface area (Å²) in [5.74, 6) is -2.80. The number of pyridine rings is 1. The fourth-order valence-corrected chi connectivity index (χ4v) is 3.70. The predicted molar refractivity (Wildman–Crippen MR) is 125 cm³/mol. The lowest BCUT2D eigenvalue weighted by Crippen LogP contribution is -2.39. The van der Waals surface area contributed by atoms with E-state index in [4.69, 9.17) is 16.3 Å². The molecule has 0 bridgehead atoms. The summed E-state index contributed by atoms with van der Waals surface area (Å²) in [5, 5.41) is 9.61. The predicted octanol–water partition coefficient (Wildman–Crippen LogP) is 3.28. The summed E-state index contributed by atoms with van der Waals surface area (Å²) in [6.07, 6.45) is 1.67. The van der Waals surface area contributed by atoms with Crippen LogP contribution in [0, 0.1) is 0 Å². The zero-order valence-electron chi connectivity index (χ0n) is 18.9. The molecule has 1 N–H and O–H groups in total. The van der Waals surface area contributed by atoms with E-state index < -0.39 is 17.2 Å². The normalized spacial score (nSPS) is 11.8. The molecule has 0 fully saturated rings. The molecule has 0 aliphatic carbocycles. The molecule has 184 valence electrons. The summed E-state index contributed by atoms with van der Waals surface area (Å²) in [7, 11) is 1.47. The van der Waals surface area contributed by atoms with E-state index in [1.165, 1.54) is 46.6 Å². The first kappa shape index (κ1) is 24.6. The molecule has 35 heavy (non-hydrogen) atoms. The van der Waals surface area contributed by atoms with Crippen LogP contribution in [0.1, 0.15) is 24.6 Å². The van der Waals surface area contributed by atoms with Crippen LogP contribution in [0.4, 0.5) is 8.78 Å². The molecule has 0 atom stereocenters. The van der Waals surface area contributed by atoms with E-state index in [1.807, 2.05) is 0 Å². The van der Waals surface area contributed by atoms with Gasteiger partial charge in [0, 0.05) is 38.9 Å². The Labute approximate surface area is 202 Å². The van der Waals surface area contributed by atoms with Crippen LogP contribution < -0.4 is 16.0 Å². The number of aryl methyl sites for hydroxylation is 1. The van der Waals surface area contributed by atoms with E-state index in [2.05, 4.69) is 9.97 Å². The smallest absolute Gasteiger partial charge is 0.332 e. The van der Waals surface area contributed by atoms with Crippen molar-refractivity contribution < 1.29 is 18.6 Å². The Hall–Kier alpha value is -3.57. The van der Waals surface area contributed by atoms with Gasteiger partial charge in [-0.2, -0.15) is 4.98 Å². The summed E-state index contributed by atoms with van der Waals surface area (Å²) < 4.78 is 36.7. The number of alkyl halides is 2. The van der Waals surface area contributed by atoms with Gasteiger partial charge in [0.2, 0.25) is 0 Å². The number of rotatable bonds is 8. The largest absolute Gasteiger partial charge is 0.425 e. The first-order chi connectivity index (χ1) is 16.6. The van der Waals surface area contributed by atoms with Crippen LogP contribution in [-0.4, -0.2) is 35.4 Å². The monoisotopic (exact) mass is 505 g/mol. The second-order valence-electron chi connectivity index (χ2n) is 8.01. The average Bonchev–Trinajstić information content (AvgIpc) is 3.17. The highest BCUT2D eigenvalue weighted by Crippen LogP contribution is 2.30. The summed E-state index contributed by atoms with van der Waals surface area (Å²) in [6, 6.07) is 8.50. The zero-order valence-corrected chi connectivity index (χ0v) is 19.7. The van der Waals surface area contributed by atoms with Crippen molar-refractivity contribution >= 4 is 22.8 Å². The lowest BCUT2D eigenvalue weighted by atomic mass is 10.1. The van der Waals surface area contributed by atoms with E-state index in [0.717, 1.165) is 11.5 Å². The van der Waals surface area contributed by atoms with Crippen LogP contribution in [0.2, 0.25) is 5.02 Å². The van der Waals surface area contributed by atoms with Gasteiger partial charge >= 0.3 is 11.7 Å². The van der Waals surface area contributed by atoms with E-state index in [9.17, 15) is 23.5 Å². The Morgan fingerprint density at radius 2 is 1.83 bits per heavy atom. The number of hydrogen-bond donors (Lipinski definition) is 1. The summed E-state index contributed by atoms with van der Waals surface area (Å²) in [6.45, 7) is 0.680. The highest BCUT2D eigenvalue weighted by molar-refractivity contribution is 6.30. The summed E-state index contributed by atoms with van der Waals surface area (Å²) in [4.78, 5) is 34.7. The SMILES string of the molecule is Cn1c(=O)n(CCCO)c(=O)c2c1nc(Oc1ccc(C(C)(F)F)cc1)n2Cc1ccc(Cl)cn1. The van der Waals surface area contributed by atoms with Crippen molar-refractivity contribution in [1.82, 2.24) is 23.7 Å². The topological polar surface area (TPSA) is 104 Å². The average molecular weight is 506 g/mol. The fraction of sp³-hybridized carbons (Fsp3) is 0.304. The van der Waals surface area contributed by atoms with Crippen LogP contribution in [-0.2, 0) is 26.1 Å². The maximum atomic E-state index is 13.6. The molecule has 3 aromatic heterocycles. The molecule has 12 heteroatoms. The molecule has 0 aliphatic heterocycles. The molecule has 9 nitrogen and oxygen atoms in total.